The van der Waals surface area contributed by atoms with E-state index < -0.39 is 9.84 Å². The summed E-state index contributed by atoms with van der Waals surface area (Å²) in [6.07, 6.45) is 9.46. The lowest BCUT2D eigenvalue weighted by Gasteiger charge is -2.29. The molecule has 6 nitrogen and oxygen atoms in total. The predicted octanol–water partition coefficient (Wildman–Crippen LogP) is 4.39. The zero-order valence-corrected chi connectivity index (χ0v) is 17.6. The second-order valence-corrected chi connectivity index (χ2v) is 9.98. The zero-order chi connectivity index (χ0) is 19.9. The van der Waals surface area contributed by atoms with Gasteiger partial charge in [0.25, 0.3) is 0 Å². The number of pyridine rings is 1. The number of aromatic nitrogens is 3. The highest BCUT2D eigenvalue weighted by Crippen LogP contribution is 2.35. The fourth-order valence-electron chi connectivity index (χ4n) is 4.34. The Morgan fingerprint density at radius 3 is 2.64 bits per heavy atom. The van der Waals surface area contributed by atoms with Gasteiger partial charge in [-0.25, -0.2) is 18.1 Å². The van der Waals surface area contributed by atoms with Crippen molar-refractivity contribution in [2.75, 3.05) is 11.6 Å². The van der Waals surface area contributed by atoms with Crippen LogP contribution in [-0.2, 0) is 16.4 Å². The summed E-state index contributed by atoms with van der Waals surface area (Å²) in [4.78, 5) is 5.09. The summed E-state index contributed by atoms with van der Waals surface area (Å²) in [5, 5.41) is 10.00. The number of anilines is 1. The Bertz CT molecular complexity index is 1110. The minimum Gasteiger partial charge on any atom is -0.381 e. The van der Waals surface area contributed by atoms with Gasteiger partial charge in [0, 0.05) is 24.2 Å². The van der Waals surface area contributed by atoms with Crippen molar-refractivity contribution < 1.29 is 8.42 Å². The molecule has 2 aromatic heterocycles. The molecule has 28 heavy (non-hydrogen) atoms. The molecule has 1 N–H and O–H groups in total. The van der Waals surface area contributed by atoms with Crippen LogP contribution in [-0.4, -0.2) is 35.5 Å². The van der Waals surface area contributed by atoms with E-state index in [-0.39, 0.29) is 0 Å². The molecule has 0 bridgehead atoms. The van der Waals surface area contributed by atoms with Gasteiger partial charge >= 0.3 is 0 Å². The van der Waals surface area contributed by atoms with E-state index in [9.17, 15) is 8.42 Å². The third-order valence-electron chi connectivity index (χ3n) is 6.00. The van der Waals surface area contributed by atoms with Crippen LogP contribution in [0, 0.1) is 5.92 Å². The molecule has 0 radical (unpaired) electrons. The molecule has 0 spiro atoms. The quantitative estimate of drug-likeness (QED) is 0.687. The van der Waals surface area contributed by atoms with E-state index in [1.54, 1.807) is 18.2 Å². The summed E-state index contributed by atoms with van der Waals surface area (Å²) in [6, 6.07) is 5.49. The SMILES string of the molecule is CCn1ncc2c(N[C@@H](C)C3CCCCC3)c3cc(S(C)(=O)=O)ccc3nc21. The van der Waals surface area contributed by atoms with Gasteiger partial charge in [0.15, 0.2) is 15.5 Å². The predicted molar refractivity (Wildman–Crippen MR) is 113 cm³/mol. The maximum Gasteiger partial charge on any atom is 0.175 e. The first-order valence-electron chi connectivity index (χ1n) is 10.1. The minimum absolute atomic E-state index is 0.306. The van der Waals surface area contributed by atoms with E-state index in [4.69, 9.17) is 4.98 Å². The van der Waals surface area contributed by atoms with E-state index in [0.717, 1.165) is 34.2 Å². The van der Waals surface area contributed by atoms with Crippen molar-refractivity contribution in [2.24, 2.45) is 5.92 Å². The summed E-state index contributed by atoms with van der Waals surface area (Å²) in [5.41, 5.74) is 2.57. The van der Waals surface area contributed by atoms with E-state index >= 15 is 0 Å². The maximum atomic E-state index is 12.1. The molecule has 1 aliphatic rings. The molecule has 1 fully saturated rings. The Kier molecular flexibility index (Phi) is 5.04. The van der Waals surface area contributed by atoms with E-state index in [1.807, 2.05) is 17.8 Å². The van der Waals surface area contributed by atoms with Crippen LogP contribution in [0.3, 0.4) is 0 Å². The molecule has 1 atom stereocenters. The fourth-order valence-corrected chi connectivity index (χ4v) is 4.99. The molecular weight excluding hydrogens is 372 g/mol. The summed E-state index contributed by atoms with van der Waals surface area (Å²) in [5.74, 6) is 0.631. The first-order chi connectivity index (χ1) is 13.4. The Morgan fingerprint density at radius 2 is 1.96 bits per heavy atom. The minimum atomic E-state index is -3.29. The lowest BCUT2D eigenvalue weighted by molar-refractivity contribution is 0.328. The van der Waals surface area contributed by atoms with Crippen molar-refractivity contribution in [3.05, 3.63) is 24.4 Å². The summed E-state index contributed by atoms with van der Waals surface area (Å²) in [7, 11) is -3.29. The fraction of sp³-hybridized carbons (Fsp3) is 0.524. The topological polar surface area (TPSA) is 76.9 Å². The Hall–Kier alpha value is -2.15. The van der Waals surface area contributed by atoms with Crippen LogP contribution in [0.2, 0.25) is 0 Å². The first kappa shape index (κ1) is 19.2. The molecule has 1 saturated carbocycles. The van der Waals surface area contributed by atoms with Gasteiger partial charge in [-0.05, 0) is 50.8 Å². The molecule has 1 aromatic carbocycles. The number of nitrogens with zero attached hydrogens (tertiary/aromatic N) is 3. The van der Waals surface area contributed by atoms with Crippen molar-refractivity contribution in [3.63, 3.8) is 0 Å². The highest BCUT2D eigenvalue weighted by atomic mass is 32.2. The monoisotopic (exact) mass is 400 g/mol. The molecular formula is C21H28N4O2S. The number of fused-ring (bicyclic) bond motifs is 2. The third-order valence-corrected chi connectivity index (χ3v) is 7.11. The van der Waals surface area contributed by atoms with Crippen LogP contribution >= 0.6 is 0 Å². The zero-order valence-electron chi connectivity index (χ0n) is 16.8. The second-order valence-electron chi connectivity index (χ2n) is 7.97. The molecule has 3 aromatic rings. The van der Waals surface area contributed by atoms with Gasteiger partial charge in [-0.2, -0.15) is 5.10 Å². The van der Waals surface area contributed by atoms with Gasteiger partial charge < -0.3 is 5.32 Å². The molecule has 2 heterocycles. The average molecular weight is 401 g/mol. The van der Waals surface area contributed by atoms with Crippen LogP contribution < -0.4 is 5.32 Å². The Balaban J connectivity index is 1.88. The van der Waals surface area contributed by atoms with E-state index in [0.29, 0.717) is 16.9 Å². The highest BCUT2D eigenvalue weighted by Gasteiger charge is 2.23. The number of rotatable bonds is 5. The summed E-state index contributed by atoms with van der Waals surface area (Å²) in [6.45, 7) is 5.02. The standard InChI is InChI=1S/C21H28N4O2S/c1-4-25-21-18(13-22-25)20(23-14(2)15-8-6-5-7-9-15)17-12-16(28(3,26)27)10-11-19(17)24-21/h10-15H,4-9H2,1-3H3,(H,23,24)/t14-/m0/s1. The number of nitrogens with one attached hydrogen (secondary N) is 1. The van der Waals surface area contributed by atoms with Gasteiger partial charge in [0.1, 0.15) is 0 Å². The Morgan fingerprint density at radius 1 is 1.21 bits per heavy atom. The smallest absolute Gasteiger partial charge is 0.175 e. The average Bonchev–Trinajstić information content (AvgIpc) is 3.10. The van der Waals surface area contributed by atoms with Crippen LogP contribution in [0.15, 0.2) is 29.3 Å². The van der Waals surface area contributed by atoms with Gasteiger partial charge in [-0.1, -0.05) is 19.3 Å². The normalized spacial score (nSPS) is 17.2. The number of hydrogen-bond acceptors (Lipinski definition) is 5. The largest absolute Gasteiger partial charge is 0.381 e. The van der Waals surface area contributed by atoms with Crippen molar-refractivity contribution in [1.29, 1.82) is 0 Å². The summed E-state index contributed by atoms with van der Waals surface area (Å²) < 4.78 is 26.1. The van der Waals surface area contributed by atoms with Gasteiger partial charge in [0.05, 0.1) is 27.7 Å². The number of benzene rings is 1. The van der Waals surface area contributed by atoms with E-state index in [1.165, 1.54) is 38.4 Å². The van der Waals surface area contributed by atoms with Gasteiger partial charge in [-0.15, -0.1) is 0 Å². The molecule has 0 unspecified atom stereocenters. The highest BCUT2D eigenvalue weighted by molar-refractivity contribution is 7.90. The van der Waals surface area contributed by atoms with Gasteiger partial charge in [-0.3, -0.25) is 0 Å². The second kappa shape index (κ2) is 7.35. The first-order valence-corrected chi connectivity index (χ1v) is 12.0. The lowest BCUT2D eigenvalue weighted by atomic mass is 9.84. The third kappa shape index (κ3) is 3.48. The van der Waals surface area contributed by atoms with Crippen molar-refractivity contribution in [2.45, 2.75) is 63.4 Å². The van der Waals surface area contributed by atoms with Crippen molar-refractivity contribution in [3.8, 4) is 0 Å². The van der Waals surface area contributed by atoms with E-state index in [2.05, 4.69) is 17.3 Å². The molecule has 0 saturated heterocycles. The number of hydrogen-bond donors (Lipinski definition) is 1. The maximum absolute atomic E-state index is 12.1. The van der Waals surface area contributed by atoms with Gasteiger partial charge in [0.2, 0.25) is 0 Å². The van der Waals surface area contributed by atoms with Crippen LogP contribution in [0.1, 0.15) is 46.0 Å². The molecule has 0 aliphatic heterocycles. The van der Waals surface area contributed by atoms with Crippen molar-refractivity contribution >= 4 is 37.5 Å². The lowest BCUT2D eigenvalue weighted by Crippen LogP contribution is -2.27. The van der Waals surface area contributed by atoms with Crippen molar-refractivity contribution in [1.82, 2.24) is 14.8 Å². The number of aryl methyl sites for hydroxylation is 1. The molecule has 1 aliphatic carbocycles. The Labute approximate surface area is 166 Å². The molecule has 7 heteroatoms. The van der Waals surface area contributed by atoms with Crippen LogP contribution in [0.25, 0.3) is 21.9 Å². The molecule has 0 amide bonds. The number of sulfone groups is 1. The summed E-state index contributed by atoms with van der Waals surface area (Å²) >= 11 is 0. The van der Waals surface area contributed by atoms with Crippen LogP contribution in [0.4, 0.5) is 5.69 Å². The molecule has 150 valence electrons. The van der Waals surface area contributed by atoms with Crippen LogP contribution in [0.5, 0.6) is 0 Å². The molecule has 4 rings (SSSR count).